The standard InChI is InChI=1S/C31H33FN6O5S/c1-4-42-27-16-23(31(39)36-44(3,40)41)15-26-30(27)35-28(37(26)2)18-38-12-10-21(11-13-38)25-6-5-7-29(34-25)43-19-22-9-8-20(17-33)14-24(22)32/h5-9,14-16,21H,4,10-13,18-19H2,1-3H3,(H,36,39). The molecule has 0 saturated carbocycles. The number of carbonyl (C=O) groups is 1. The molecule has 3 heterocycles. The number of sulfonamides is 1. The van der Waals surface area contributed by atoms with Crippen LogP contribution in [0.15, 0.2) is 48.5 Å². The third-order valence-electron chi connectivity index (χ3n) is 7.56. The van der Waals surface area contributed by atoms with Gasteiger partial charge in [0.05, 0.1) is 36.6 Å². The van der Waals surface area contributed by atoms with E-state index in [4.69, 9.17) is 19.7 Å². The lowest BCUT2D eigenvalue weighted by Crippen LogP contribution is -2.33. The highest BCUT2D eigenvalue weighted by atomic mass is 32.2. The van der Waals surface area contributed by atoms with Crippen LogP contribution in [0.1, 0.15) is 58.7 Å². The van der Waals surface area contributed by atoms with Crippen LogP contribution in [0.2, 0.25) is 0 Å². The molecule has 1 saturated heterocycles. The number of piperidine rings is 1. The molecule has 0 unspecified atom stereocenters. The van der Waals surface area contributed by atoms with E-state index in [1.807, 2.05) is 41.5 Å². The number of amides is 1. The molecule has 2 aromatic heterocycles. The summed E-state index contributed by atoms with van der Waals surface area (Å²) in [6.07, 6.45) is 2.69. The van der Waals surface area contributed by atoms with Gasteiger partial charge in [-0.2, -0.15) is 5.26 Å². The first-order valence-electron chi connectivity index (χ1n) is 14.2. The molecule has 0 radical (unpaired) electrons. The van der Waals surface area contributed by atoms with Crippen molar-refractivity contribution in [2.24, 2.45) is 7.05 Å². The first-order valence-corrected chi connectivity index (χ1v) is 16.1. The van der Waals surface area contributed by atoms with Crippen molar-refractivity contribution in [3.05, 3.63) is 82.6 Å². The van der Waals surface area contributed by atoms with E-state index in [2.05, 4.69) is 9.88 Å². The van der Waals surface area contributed by atoms with Gasteiger partial charge < -0.3 is 14.0 Å². The number of hydrogen-bond acceptors (Lipinski definition) is 9. The molecule has 1 N–H and O–H groups in total. The summed E-state index contributed by atoms with van der Waals surface area (Å²) in [6, 6.07) is 15.0. The summed E-state index contributed by atoms with van der Waals surface area (Å²) in [5.74, 6) is 0.651. The highest BCUT2D eigenvalue weighted by molar-refractivity contribution is 7.89. The lowest BCUT2D eigenvalue weighted by atomic mass is 9.93. The summed E-state index contributed by atoms with van der Waals surface area (Å²) in [7, 11) is -1.86. The zero-order valence-corrected chi connectivity index (χ0v) is 25.5. The molecule has 0 spiro atoms. The molecule has 1 fully saturated rings. The van der Waals surface area contributed by atoms with Gasteiger partial charge in [-0.3, -0.25) is 9.69 Å². The largest absolute Gasteiger partial charge is 0.492 e. The summed E-state index contributed by atoms with van der Waals surface area (Å²) >= 11 is 0. The minimum absolute atomic E-state index is 0.0132. The van der Waals surface area contributed by atoms with E-state index in [1.165, 1.54) is 12.1 Å². The molecule has 44 heavy (non-hydrogen) atoms. The second kappa shape index (κ2) is 13.0. The van der Waals surface area contributed by atoms with Gasteiger partial charge in [0.25, 0.3) is 5.91 Å². The number of rotatable bonds is 10. The van der Waals surface area contributed by atoms with Gasteiger partial charge in [-0.15, -0.1) is 0 Å². The van der Waals surface area contributed by atoms with Gasteiger partial charge >= 0.3 is 0 Å². The number of likely N-dealkylation sites (tertiary alicyclic amines) is 1. The van der Waals surface area contributed by atoms with Crippen molar-refractivity contribution in [3.63, 3.8) is 0 Å². The number of ether oxygens (including phenoxy) is 2. The number of aromatic nitrogens is 3. The van der Waals surface area contributed by atoms with Crippen molar-refractivity contribution in [3.8, 4) is 17.7 Å². The van der Waals surface area contributed by atoms with E-state index in [1.54, 1.807) is 24.3 Å². The fraction of sp³-hybridized carbons (Fsp3) is 0.355. The number of hydrogen-bond donors (Lipinski definition) is 1. The van der Waals surface area contributed by atoms with Gasteiger partial charge in [-0.25, -0.2) is 27.5 Å². The highest BCUT2D eigenvalue weighted by Gasteiger charge is 2.25. The fourth-order valence-corrected chi connectivity index (χ4v) is 5.74. The minimum Gasteiger partial charge on any atom is -0.492 e. The maximum Gasteiger partial charge on any atom is 0.264 e. The lowest BCUT2D eigenvalue weighted by molar-refractivity contribution is 0.0981. The zero-order valence-electron chi connectivity index (χ0n) is 24.7. The van der Waals surface area contributed by atoms with Crippen LogP contribution < -0.4 is 14.2 Å². The Bertz CT molecular complexity index is 1840. The van der Waals surface area contributed by atoms with Crippen LogP contribution in [0.25, 0.3) is 11.0 Å². The Balaban J connectivity index is 1.24. The quantitative estimate of drug-likeness (QED) is 0.278. The molecule has 0 bridgehead atoms. The molecule has 1 aliphatic heterocycles. The van der Waals surface area contributed by atoms with Crippen LogP contribution in [0.3, 0.4) is 0 Å². The topological polar surface area (TPSA) is 139 Å². The SMILES string of the molecule is CCOc1cc(C(=O)NS(C)(=O)=O)cc2c1nc(CN1CCC(c3cccc(OCc4ccc(C#N)cc4F)n3)CC1)n2C. The zero-order chi connectivity index (χ0) is 31.4. The monoisotopic (exact) mass is 620 g/mol. The Morgan fingerprint density at radius 2 is 1.91 bits per heavy atom. The molecule has 0 atom stereocenters. The van der Waals surface area contributed by atoms with Crippen LogP contribution in [0.5, 0.6) is 11.6 Å². The fourth-order valence-electron chi connectivity index (χ4n) is 5.28. The molecule has 1 aliphatic rings. The van der Waals surface area contributed by atoms with Gasteiger partial charge in [0.15, 0.2) is 0 Å². The number of carbonyl (C=O) groups excluding carboxylic acids is 1. The minimum atomic E-state index is -3.72. The number of pyridine rings is 1. The molecular formula is C31H33FN6O5S. The van der Waals surface area contributed by atoms with Gasteiger partial charge in [0.2, 0.25) is 15.9 Å². The van der Waals surface area contributed by atoms with E-state index < -0.39 is 21.7 Å². The number of halogens is 1. The van der Waals surface area contributed by atoms with Crippen LogP contribution in [-0.4, -0.2) is 59.7 Å². The van der Waals surface area contributed by atoms with Gasteiger partial charge in [0.1, 0.15) is 29.5 Å². The van der Waals surface area contributed by atoms with Crippen LogP contribution >= 0.6 is 0 Å². The molecule has 11 nitrogen and oxygen atoms in total. The van der Waals surface area contributed by atoms with Crippen LogP contribution in [-0.2, 0) is 30.2 Å². The average Bonchev–Trinajstić information content (AvgIpc) is 3.31. The van der Waals surface area contributed by atoms with Crippen molar-refractivity contribution >= 4 is 27.0 Å². The predicted octanol–water partition coefficient (Wildman–Crippen LogP) is 4.03. The Morgan fingerprint density at radius 1 is 1.14 bits per heavy atom. The van der Waals surface area contributed by atoms with Crippen LogP contribution in [0, 0.1) is 17.1 Å². The summed E-state index contributed by atoms with van der Waals surface area (Å²) in [4.78, 5) is 24.4. The van der Waals surface area contributed by atoms with E-state index in [-0.39, 0.29) is 23.7 Å². The maximum absolute atomic E-state index is 14.2. The number of nitrogens with zero attached hydrogens (tertiary/aromatic N) is 5. The second-order valence-electron chi connectivity index (χ2n) is 10.7. The van der Waals surface area contributed by atoms with Crippen LogP contribution in [0.4, 0.5) is 4.39 Å². The molecule has 5 rings (SSSR count). The number of aryl methyl sites for hydroxylation is 1. The summed E-state index contributed by atoms with van der Waals surface area (Å²) < 4.78 is 52.9. The molecule has 4 aromatic rings. The highest BCUT2D eigenvalue weighted by Crippen LogP contribution is 2.31. The third-order valence-corrected chi connectivity index (χ3v) is 8.11. The smallest absolute Gasteiger partial charge is 0.264 e. The number of fused-ring (bicyclic) bond motifs is 1. The lowest BCUT2D eigenvalue weighted by Gasteiger charge is -2.31. The first kappa shape index (κ1) is 30.9. The van der Waals surface area contributed by atoms with Gasteiger partial charge in [-0.05, 0) is 63.2 Å². The average molecular weight is 621 g/mol. The van der Waals surface area contributed by atoms with E-state index in [0.717, 1.165) is 43.7 Å². The number of benzene rings is 2. The molecule has 2 aromatic carbocycles. The van der Waals surface area contributed by atoms with Crippen molar-refractivity contribution in [1.29, 1.82) is 5.26 Å². The predicted molar refractivity (Wildman–Crippen MR) is 161 cm³/mol. The van der Waals surface area contributed by atoms with Gasteiger partial charge in [-0.1, -0.05) is 12.1 Å². The van der Waals surface area contributed by atoms with Gasteiger partial charge in [0, 0.05) is 35.9 Å². The summed E-state index contributed by atoms with van der Waals surface area (Å²) in [5, 5.41) is 8.93. The molecule has 230 valence electrons. The summed E-state index contributed by atoms with van der Waals surface area (Å²) in [6.45, 7) is 4.42. The second-order valence-corrected chi connectivity index (χ2v) is 12.5. The first-order chi connectivity index (χ1) is 21.0. The van der Waals surface area contributed by atoms with E-state index >= 15 is 0 Å². The Hall–Kier alpha value is -4.54. The Morgan fingerprint density at radius 3 is 2.59 bits per heavy atom. The maximum atomic E-state index is 14.2. The van der Waals surface area contributed by atoms with E-state index in [0.29, 0.717) is 41.4 Å². The Labute approximate surface area is 255 Å². The molecule has 13 heteroatoms. The molecule has 1 amide bonds. The van der Waals surface area contributed by atoms with Crippen molar-refractivity contribution in [2.75, 3.05) is 26.0 Å². The van der Waals surface area contributed by atoms with Crippen molar-refractivity contribution < 1.29 is 27.1 Å². The van der Waals surface area contributed by atoms with Crippen molar-refractivity contribution in [2.45, 2.75) is 38.8 Å². The number of nitriles is 1. The third kappa shape index (κ3) is 7.15. The van der Waals surface area contributed by atoms with E-state index in [9.17, 15) is 17.6 Å². The molecular weight excluding hydrogens is 587 g/mol. The number of imidazole rings is 1. The molecule has 0 aliphatic carbocycles. The Kier molecular flexibility index (Phi) is 9.12. The normalized spacial score (nSPS) is 14.3. The number of nitrogens with one attached hydrogen (secondary N) is 1. The summed E-state index contributed by atoms with van der Waals surface area (Å²) in [5.41, 5.74) is 2.98. The van der Waals surface area contributed by atoms with Crippen molar-refractivity contribution in [1.82, 2.24) is 24.2 Å².